The number of nitrogens with one attached hydrogen (secondary N) is 1. The highest BCUT2D eigenvalue weighted by Crippen LogP contribution is 2.27. The Bertz CT molecular complexity index is 850. The SMILES string of the molecule is Cc1ccc(-c2nc(C#N)c(S(=O)(=O)N3CCNCC3)o2)cc1.Cl. The third-order valence-corrected chi connectivity index (χ3v) is 5.44. The van der Waals surface area contributed by atoms with Gasteiger partial charge in [-0.1, -0.05) is 17.7 Å². The highest BCUT2D eigenvalue weighted by atomic mass is 35.5. The van der Waals surface area contributed by atoms with E-state index in [0.717, 1.165) is 5.56 Å². The van der Waals surface area contributed by atoms with Gasteiger partial charge in [0.05, 0.1) is 0 Å². The van der Waals surface area contributed by atoms with Crippen LogP contribution in [-0.2, 0) is 10.0 Å². The van der Waals surface area contributed by atoms with Crippen molar-refractivity contribution in [2.24, 2.45) is 0 Å². The Hall–Kier alpha value is -1.92. The van der Waals surface area contributed by atoms with Crippen LogP contribution in [0.4, 0.5) is 0 Å². The van der Waals surface area contributed by atoms with E-state index in [1.807, 2.05) is 25.1 Å². The molecular weight excluding hydrogens is 352 g/mol. The van der Waals surface area contributed by atoms with Crippen molar-refractivity contribution in [1.82, 2.24) is 14.6 Å². The van der Waals surface area contributed by atoms with Crippen molar-refractivity contribution in [3.8, 4) is 17.5 Å². The number of nitriles is 1. The summed E-state index contributed by atoms with van der Waals surface area (Å²) in [7, 11) is -3.86. The third kappa shape index (κ3) is 3.44. The van der Waals surface area contributed by atoms with Gasteiger partial charge in [-0.3, -0.25) is 0 Å². The summed E-state index contributed by atoms with van der Waals surface area (Å²) >= 11 is 0. The molecule has 2 heterocycles. The number of piperazine rings is 1. The second-order valence-electron chi connectivity index (χ2n) is 5.29. The van der Waals surface area contributed by atoms with Gasteiger partial charge in [-0.05, 0) is 19.1 Å². The van der Waals surface area contributed by atoms with Crippen molar-refractivity contribution in [3.05, 3.63) is 35.5 Å². The van der Waals surface area contributed by atoms with Crippen LogP contribution in [0.25, 0.3) is 11.5 Å². The minimum absolute atomic E-state index is 0. The molecule has 1 N–H and O–H groups in total. The average molecular weight is 369 g/mol. The molecule has 1 aromatic carbocycles. The predicted octanol–water partition coefficient (Wildman–Crippen LogP) is 1.54. The fourth-order valence-electron chi connectivity index (χ4n) is 2.37. The lowest BCUT2D eigenvalue weighted by Crippen LogP contribution is -2.46. The molecular formula is C15H17ClN4O3S. The van der Waals surface area contributed by atoms with Crippen molar-refractivity contribution in [2.45, 2.75) is 12.0 Å². The maximum Gasteiger partial charge on any atom is 0.279 e. The summed E-state index contributed by atoms with van der Waals surface area (Å²) in [5.41, 5.74) is 1.49. The smallest absolute Gasteiger partial charge is 0.279 e. The summed E-state index contributed by atoms with van der Waals surface area (Å²) in [6, 6.07) is 9.12. The molecule has 1 aliphatic heterocycles. The van der Waals surface area contributed by atoms with Gasteiger partial charge in [0.25, 0.3) is 15.1 Å². The third-order valence-electron chi connectivity index (χ3n) is 3.65. The average Bonchev–Trinajstić information content (AvgIpc) is 3.01. The molecule has 3 rings (SSSR count). The summed E-state index contributed by atoms with van der Waals surface area (Å²) in [5, 5.41) is 11.9. The molecule has 1 fully saturated rings. The molecule has 2 aromatic rings. The molecule has 0 unspecified atom stereocenters. The second kappa shape index (κ2) is 7.32. The molecule has 0 aliphatic carbocycles. The molecule has 0 radical (unpaired) electrons. The van der Waals surface area contributed by atoms with Gasteiger partial charge in [0.2, 0.25) is 5.89 Å². The lowest BCUT2D eigenvalue weighted by atomic mass is 10.1. The molecule has 1 aromatic heterocycles. The molecule has 1 saturated heterocycles. The Morgan fingerprint density at radius 2 is 1.88 bits per heavy atom. The van der Waals surface area contributed by atoms with Gasteiger partial charge in [0.15, 0.2) is 5.69 Å². The van der Waals surface area contributed by atoms with Crippen molar-refractivity contribution in [2.75, 3.05) is 26.2 Å². The molecule has 128 valence electrons. The molecule has 0 amide bonds. The van der Waals surface area contributed by atoms with Crippen molar-refractivity contribution < 1.29 is 12.8 Å². The number of aryl methyl sites for hydroxylation is 1. The zero-order valence-electron chi connectivity index (χ0n) is 13.0. The van der Waals surface area contributed by atoms with E-state index in [2.05, 4.69) is 10.3 Å². The summed E-state index contributed by atoms with van der Waals surface area (Å²) in [4.78, 5) is 4.04. The van der Waals surface area contributed by atoms with Gasteiger partial charge < -0.3 is 9.73 Å². The predicted molar refractivity (Wildman–Crippen MR) is 90.3 cm³/mol. The van der Waals surface area contributed by atoms with Crippen molar-refractivity contribution in [3.63, 3.8) is 0 Å². The van der Waals surface area contributed by atoms with Gasteiger partial charge in [-0.2, -0.15) is 14.6 Å². The normalized spacial score (nSPS) is 15.5. The molecule has 0 saturated carbocycles. The Labute approximate surface area is 146 Å². The van der Waals surface area contributed by atoms with E-state index < -0.39 is 10.0 Å². The number of benzene rings is 1. The van der Waals surface area contributed by atoms with E-state index in [1.165, 1.54) is 4.31 Å². The fraction of sp³-hybridized carbons (Fsp3) is 0.333. The van der Waals surface area contributed by atoms with Crippen LogP contribution in [0.15, 0.2) is 33.8 Å². The number of sulfonamides is 1. The van der Waals surface area contributed by atoms with Gasteiger partial charge in [0, 0.05) is 31.7 Å². The van der Waals surface area contributed by atoms with Gasteiger partial charge in [-0.25, -0.2) is 8.42 Å². The standard InChI is InChI=1S/C15H16N4O3S.ClH/c1-11-2-4-12(5-3-11)14-18-13(10-16)15(22-14)23(20,21)19-8-6-17-7-9-19;/h2-5,17H,6-9H2,1H3;1H. The number of nitrogens with zero attached hydrogens (tertiary/aromatic N) is 3. The minimum atomic E-state index is -3.86. The molecule has 7 nitrogen and oxygen atoms in total. The van der Waals surface area contributed by atoms with Crippen molar-refractivity contribution >= 4 is 22.4 Å². The van der Waals surface area contributed by atoms with Gasteiger partial charge in [-0.15, -0.1) is 12.4 Å². The topological polar surface area (TPSA) is 99.2 Å². The Kier molecular flexibility index (Phi) is 5.62. The summed E-state index contributed by atoms with van der Waals surface area (Å²) in [5.74, 6) is 0.134. The highest BCUT2D eigenvalue weighted by molar-refractivity contribution is 7.89. The Morgan fingerprint density at radius 3 is 2.46 bits per heavy atom. The zero-order chi connectivity index (χ0) is 16.4. The number of hydrogen-bond donors (Lipinski definition) is 1. The molecule has 9 heteroatoms. The van der Waals surface area contributed by atoms with Crippen LogP contribution in [0.3, 0.4) is 0 Å². The summed E-state index contributed by atoms with van der Waals surface area (Å²) < 4.78 is 32.1. The first-order valence-corrected chi connectivity index (χ1v) is 8.65. The molecule has 24 heavy (non-hydrogen) atoms. The second-order valence-corrected chi connectivity index (χ2v) is 7.12. The monoisotopic (exact) mass is 368 g/mol. The molecule has 0 bridgehead atoms. The quantitative estimate of drug-likeness (QED) is 0.882. The van der Waals surface area contributed by atoms with E-state index in [0.29, 0.717) is 31.7 Å². The Balaban J connectivity index is 0.00000208. The molecule has 1 aliphatic rings. The largest absolute Gasteiger partial charge is 0.422 e. The van der Waals surface area contributed by atoms with Crippen LogP contribution in [0.1, 0.15) is 11.3 Å². The van der Waals surface area contributed by atoms with E-state index in [1.54, 1.807) is 12.1 Å². The van der Waals surface area contributed by atoms with Gasteiger partial charge in [0.1, 0.15) is 6.07 Å². The highest BCUT2D eigenvalue weighted by Gasteiger charge is 2.33. The number of halogens is 1. The lowest BCUT2D eigenvalue weighted by Gasteiger charge is -2.25. The summed E-state index contributed by atoms with van der Waals surface area (Å²) in [6.45, 7) is 3.77. The minimum Gasteiger partial charge on any atom is -0.422 e. The van der Waals surface area contributed by atoms with Gasteiger partial charge >= 0.3 is 0 Å². The first kappa shape index (κ1) is 18.4. The lowest BCUT2D eigenvalue weighted by molar-refractivity contribution is 0.344. The van der Waals surface area contributed by atoms with E-state index in [4.69, 9.17) is 4.42 Å². The number of aromatic nitrogens is 1. The van der Waals surface area contributed by atoms with Crippen LogP contribution in [0.2, 0.25) is 0 Å². The van der Waals surface area contributed by atoms with Crippen molar-refractivity contribution in [1.29, 1.82) is 5.26 Å². The summed E-state index contributed by atoms with van der Waals surface area (Å²) in [6.07, 6.45) is 0. The maximum atomic E-state index is 12.7. The number of oxazole rings is 1. The number of rotatable bonds is 3. The maximum absolute atomic E-state index is 12.7. The first-order chi connectivity index (χ1) is 11.0. The Morgan fingerprint density at radius 1 is 1.25 bits per heavy atom. The number of hydrogen-bond acceptors (Lipinski definition) is 6. The molecule has 0 atom stereocenters. The van der Waals surface area contributed by atoms with E-state index >= 15 is 0 Å². The van der Waals surface area contributed by atoms with Crippen LogP contribution in [-0.4, -0.2) is 43.9 Å². The van der Waals surface area contributed by atoms with Crippen LogP contribution >= 0.6 is 12.4 Å². The molecule has 0 spiro atoms. The van der Waals surface area contributed by atoms with Crippen LogP contribution < -0.4 is 5.32 Å². The fourth-order valence-corrected chi connectivity index (χ4v) is 3.79. The van der Waals surface area contributed by atoms with Crippen LogP contribution in [0, 0.1) is 18.3 Å². The van der Waals surface area contributed by atoms with E-state index in [9.17, 15) is 13.7 Å². The van der Waals surface area contributed by atoms with E-state index in [-0.39, 0.29) is 29.1 Å². The van der Waals surface area contributed by atoms with Crippen LogP contribution in [0.5, 0.6) is 0 Å². The zero-order valence-corrected chi connectivity index (χ0v) is 14.7. The first-order valence-electron chi connectivity index (χ1n) is 7.21.